The van der Waals surface area contributed by atoms with Crippen molar-refractivity contribution >= 4 is 10.9 Å². The maximum Gasteiger partial charge on any atom is 0.0762 e. The smallest absolute Gasteiger partial charge is 0.0762 e. The van der Waals surface area contributed by atoms with E-state index < -0.39 is 0 Å². The van der Waals surface area contributed by atoms with Crippen molar-refractivity contribution in [3.63, 3.8) is 0 Å². The summed E-state index contributed by atoms with van der Waals surface area (Å²) in [6.45, 7) is 6.24. The third-order valence-corrected chi connectivity index (χ3v) is 4.17. The Labute approximate surface area is 120 Å². The van der Waals surface area contributed by atoms with E-state index in [1.807, 2.05) is 7.05 Å². The van der Waals surface area contributed by atoms with Gasteiger partial charge in [-0.3, -0.25) is 0 Å². The minimum atomic E-state index is 0.0465. The van der Waals surface area contributed by atoms with Gasteiger partial charge in [0.15, 0.2) is 0 Å². The molecule has 1 saturated heterocycles. The summed E-state index contributed by atoms with van der Waals surface area (Å²) in [4.78, 5) is 0. The van der Waals surface area contributed by atoms with Gasteiger partial charge < -0.3 is 14.6 Å². The van der Waals surface area contributed by atoms with E-state index in [0.29, 0.717) is 6.10 Å². The maximum absolute atomic E-state index is 6.12. The van der Waals surface area contributed by atoms with Crippen molar-refractivity contribution in [1.29, 1.82) is 0 Å². The van der Waals surface area contributed by atoms with Crippen molar-refractivity contribution in [2.45, 2.75) is 51.5 Å². The monoisotopic (exact) mass is 272 g/mol. The first-order valence-electron chi connectivity index (χ1n) is 7.48. The lowest BCUT2D eigenvalue weighted by atomic mass is 10.1. The Morgan fingerprint density at radius 3 is 2.90 bits per heavy atom. The summed E-state index contributed by atoms with van der Waals surface area (Å²) >= 11 is 0. The highest BCUT2D eigenvalue weighted by atomic mass is 16.5. The topological polar surface area (TPSA) is 26.2 Å². The minimum absolute atomic E-state index is 0.0465. The molecule has 0 saturated carbocycles. The van der Waals surface area contributed by atoms with E-state index in [9.17, 15) is 0 Å². The van der Waals surface area contributed by atoms with Crippen LogP contribution >= 0.6 is 0 Å². The second kappa shape index (κ2) is 5.23. The number of aromatic nitrogens is 1. The molecule has 1 aromatic heterocycles. The number of hydrogen-bond donors (Lipinski definition) is 1. The Morgan fingerprint density at radius 2 is 2.20 bits per heavy atom. The zero-order chi connectivity index (χ0) is 14.2. The van der Waals surface area contributed by atoms with Crippen molar-refractivity contribution < 1.29 is 4.74 Å². The fourth-order valence-corrected chi connectivity index (χ4v) is 3.13. The maximum atomic E-state index is 6.12. The summed E-state index contributed by atoms with van der Waals surface area (Å²) < 4.78 is 8.45. The van der Waals surface area contributed by atoms with Gasteiger partial charge in [0.25, 0.3) is 0 Å². The molecule has 1 fully saturated rings. The van der Waals surface area contributed by atoms with Gasteiger partial charge in [0.05, 0.1) is 11.7 Å². The van der Waals surface area contributed by atoms with Gasteiger partial charge in [-0.1, -0.05) is 12.1 Å². The van der Waals surface area contributed by atoms with Gasteiger partial charge in [0.2, 0.25) is 0 Å². The Hall–Kier alpha value is -1.32. The molecule has 1 unspecified atom stereocenters. The molecule has 1 aromatic carbocycles. The first-order valence-corrected chi connectivity index (χ1v) is 7.48. The molecule has 1 aliphatic heterocycles. The molecule has 108 valence electrons. The van der Waals surface area contributed by atoms with Gasteiger partial charge in [-0.15, -0.1) is 0 Å². The molecular weight excluding hydrogens is 248 g/mol. The van der Waals surface area contributed by atoms with Crippen LogP contribution in [0, 0.1) is 0 Å². The van der Waals surface area contributed by atoms with Gasteiger partial charge in [-0.25, -0.2) is 0 Å². The highest BCUT2D eigenvalue weighted by Crippen LogP contribution is 2.31. The molecule has 2 aromatic rings. The van der Waals surface area contributed by atoms with E-state index >= 15 is 0 Å². The SMILES string of the molecule is CNCc1ccc2ccn(CC3CCC(C)(C)O3)c2c1. The Morgan fingerprint density at radius 1 is 1.35 bits per heavy atom. The summed E-state index contributed by atoms with van der Waals surface area (Å²) in [5, 5.41) is 4.52. The molecule has 3 nitrogen and oxygen atoms in total. The number of fused-ring (bicyclic) bond motifs is 1. The molecule has 3 heteroatoms. The predicted octanol–water partition coefficient (Wildman–Crippen LogP) is 3.32. The molecule has 0 spiro atoms. The average Bonchev–Trinajstić information content (AvgIpc) is 2.94. The number of rotatable bonds is 4. The summed E-state index contributed by atoms with van der Waals surface area (Å²) in [6.07, 6.45) is 4.83. The molecule has 2 heterocycles. The van der Waals surface area contributed by atoms with Gasteiger partial charge in [-0.05, 0) is 56.8 Å². The predicted molar refractivity (Wildman–Crippen MR) is 82.9 cm³/mol. The van der Waals surface area contributed by atoms with Crippen molar-refractivity contribution in [3.8, 4) is 0 Å². The van der Waals surface area contributed by atoms with Crippen LogP contribution in [0.5, 0.6) is 0 Å². The van der Waals surface area contributed by atoms with Gasteiger partial charge in [0.1, 0.15) is 0 Å². The number of hydrogen-bond acceptors (Lipinski definition) is 2. The van der Waals surface area contributed by atoms with Gasteiger partial charge in [0, 0.05) is 24.8 Å². The first-order chi connectivity index (χ1) is 9.57. The highest BCUT2D eigenvalue weighted by Gasteiger charge is 2.31. The van der Waals surface area contributed by atoms with Crippen LogP contribution in [-0.4, -0.2) is 23.3 Å². The van der Waals surface area contributed by atoms with Gasteiger partial charge >= 0.3 is 0 Å². The van der Waals surface area contributed by atoms with Crippen LogP contribution in [0.2, 0.25) is 0 Å². The Kier molecular flexibility index (Phi) is 3.57. The summed E-state index contributed by atoms with van der Waals surface area (Å²) in [5.74, 6) is 0. The van der Waals surface area contributed by atoms with E-state index in [2.05, 4.69) is 54.2 Å². The van der Waals surface area contributed by atoms with E-state index in [0.717, 1.165) is 25.9 Å². The average molecular weight is 272 g/mol. The Balaban J connectivity index is 1.82. The van der Waals surface area contributed by atoms with Crippen LogP contribution < -0.4 is 5.32 Å². The quantitative estimate of drug-likeness (QED) is 0.924. The number of ether oxygens (including phenoxy) is 1. The number of nitrogens with zero attached hydrogens (tertiary/aromatic N) is 1. The molecule has 3 rings (SSSR count). The normalized spacial score (nSPS) is 21.6. The van der Waals surface area contributed by atoms with Crippen molar-refractivity contribution in [1.82, 2.24) is 9.88 Å². The van der Waals surface area contributed by atoms with Crippen LogP contribution in [0.25, 0.3) is 10.9 Å². The number of benzene rings is 1. The van der Waals surface area contributed by atoms with Crippen molar-refractivity contribution in [2.24, 2.45) is 0 Å². The third kappa shape index (κ3) is 2.74. The first kappa shape index (κ1) is 13.7. The molecule has 1 N–H and O–H groups in total. The molecule has 1 atom stereocenters. The van der Waals surface area contributed by atoms with Crippen LogP contribution in [0.3, 0.4) is 0 Å². The largest absolute Gasteiger partial charge is 0.370 e. The van der Waals surface area contributed by atoms with E-state index in [4.69, 9.17) is 4.74 Å². The van der Waals surface area contributed by atoms with E-state index in [1.165, 1.54) is 16.5 Å². The molecular formula is C17H24N2O. The summed E-state index contributed by atoms with van der Waals surface area (Å²) in [7, 11) is 1.98. The molecule has 0 aliphatic carbocycles. The fourth-order valence-electron chi connectivity index (χ4n) is 3.13. The third-order valence-electron chi connectivity index (χ3n) is 4.17. The van der Waals surface area contributed by atoms with Crippen molar-refractivity contribution in [2.75, 3.05) is 7.05 Å². The highest BCUT2D eigenvalue weighted by molar-refractivity contribution is 5.80. The summed E-state index contributed by atoms with van der Waals surface area (Å²) in [5.41, 5.74) is 2.68. The zero-order valence-corrected chi connectivity index (χ0v) is 12.6. The number of nitrogens with one attached hydrogen (secondary N) is 1. The lowest BCUT2D eigenvalue weighted by molar-refractivity contribution is -0.0212. The lowest BCUT2D eigenvalue weighted by Crippen LogP contribution is -2.22. The van der Waals surface area contributed by atoms with E-state index in [-0.39, 0.29) is 5.60 Å². The van der Waals surface area contributed by atoms with Crippen LogP contribution in [0.4, 0.5) is 0 Å². The fraction of sp³-hybridized carbons (Fsp3) is 0.529. The minimum Gasteiger partial charge on any atom is -0.370 e. The van der Waals surface area contributed by atoms with Crippen molar-refractivity contribution in [3.05, 3.63) is 36.0 Å². The molecule has 0 bridgehead atoms. The van der Waals surface area contributed by atoms with Crippen LogP contribution in [0.15, 0.2) is 30.5 Å². The molecule has 1 aliphatic rings. The second-order valence-electron chi connectivity index (χ2n) is 6.43. The van der Waals surface area contributed by atoms with Crippen LogP contribution in [-0.2, 0) is 17.8 Å². The standard InChI is InChI=1S/C17H24N2O/c1-17(2)8-6-15(20-17)12-19-9-7-14-5-4-13(11-18-3)10-16(14)19/h4-5,7,9-10,15,18H,6,8,11-12H2,1-3H3. The Bertz CT molecular complexity index is 600. The van der Waals surface area contributed by atoms with Crippen LogP contribution in [0.1, 0.15) is 32.3 Å². The second-order valence-corrected chi connectivity index (χ2v) is 6.43. The van der Waals surface area contributed by atoms with E-state index in [1.54, 1.807) is 0 Å². The van der Waals surface area contributed by atoms with Gasteiger partial charge in [-0.2, -0.15) is 0 Å². The lowest BCUT2D eigenvalue weighted by Gasteiger charge is -2.20. The molecule has 20 heavy (non-hydrogen) atoms. The molecule has 0 amide bonds. The zero-order valence-electron chi connectivity index (χ0n) is 12.6. The molecule has 0 radical (unpaired) electrons. The summed E-state index contributed by atoms with van der Waals surface area (Å²) in [6, 6.07) is 8.88.